The number of nitrogens with two attached hydrogens (primary N) is 1. The number of rotatable bonds is 4. The van der Waals surface area contributed by atoms with Crippen molar-refractivity contribution in [3.8, 4) is 0 Å². The highest BCUT2D eigenvalue weighted by Crippen LogP contribution is 2.22. The molecular formula is C17H20FN3O2S. The van der Waals surface area contributed by atoms with Crippen LogP contribution in [-0.4, -0.2) is 27.5 Å². The highest BCUT2D eigenvalue weighted by molar-refractivity contribution is 7.89. The second kappa shape index (κ2) is 6.78. The smallest absolute Gasteiger partial charge is 0.240 e. The summed E-state index contributed by atoms with van der Waals surface area (Å²) in [6, 6.07) is 12.3. The second-order valence-corrected chi connectivity index (χ2v) is 7.67. The zero-order chi connectivity index (χ0) is 17.2. The quantitative estimate of drug-likeness (QED) is 0.831. The monoisotopic (exact) mass is 349 g/mol. The van der Waals surface area contributed by atoms with Crippen molar-refractivity contribution in [2.24, 2.45) is 0 Å². The number of halogens is 1. The van der Waals surface area contributed by atoms with E-state index in [1.807, 2.05) is 11.0 Å². The van der Waals surface area contributed by atoms with Gasteiger partial charge in [0.05, 0.1) is 4.90 Å². The Morgan fingerprint density at radius 2 is 1.92 bits per heavy atom. The number of nitrogens with one attached hydrogen (secondary N) is 1. The summed E-state index contributed by atoms with van der Waals surface area (Å²) < 4.78 is 41.1. The lowest BCUT2D eigenvalue weighted by atomic mass is 10.1. The molecule has 2 aromatic carbocycles. The van der Waals surface area contributed by atoms with E-state index in [0.29, 0.717) is 12.2 Å². The Kier molecular flexibility index (Phi) is 4.73. The molecule has 0 saturated carbocycles. The van der Waals surface area contributed by atoms with E-state index in [1.165, 1.54) is 24.3 Å². The molecule has 7 heteroatoms. The predicted molar refractivity (Wildman–Crippen MR) is 92.8 cm³/mol. The van der Waals surface area contributed by atoms with Gasteiger partial charge in [-0.1, -0.05) is 6.07 Å². The van der Waals surface area contributed by atoms with Crippen LogP contribution < -0.4 is 15.4 Å². The van der Waals surface area contributed by atoms with Gasteiger partial charge >= 0.3 is 0 Å². The number of piperidine rings is 1. The third kappa shape index (κ3) is 3.85. The van der Waals surface area contributed by atoms with Crippen molar-refractivity contribution < 1.29 is 12.8 Å². The van der Waals surface area contributed by atoms with Gasteiger partial charge in [-0.05, 0) is 55.3 Å². The third-order valence-electron chi connectivity index (χ3n) is 4.11. The summed E-state index contributed by atoms with van der Waals surface area (Å²) in [4.78, 5) is 2.20. The third-order valence-corrected chi connectivity index (χ3v) is 5.64. The minimum Gasteiger partial charge on any atom is -0.399 e. The first kappa shape index (κ1) is 16.7. The molecule has 3 rings (SSSR count). The molecule has 1 atom stereocenters. The van der Waals surface area contributed by atoms with Crippen LogP contribution in [-0.2, 0) is 10.0 Å². The maximum atomic E-state index is 13.4. The molecule has 0 radical (unpaired) electrons. The molecule has 1 heterocycles. The first-order valence-electron chi connectivity index (χ1n) is 7.82. The Balaban J connectivity index is 1.72. The van der Waals surface area contributed by atoms with Crippen molar-refractivity contribution in [1.82, 2.24) is 4.72 Å². The summed E-state index contributed by atoms with van der Waals surface area (Å²) >= 11 is 0. The van der Waals surface area contributed by atoms with E-state index in [2.05, 4.69) is 4.72 Å². The lowest BCUT2D eigenvalue weighted by molar-refractivity contribution is 0.465. The van der Waals surface area contributed by atoms with E-state index in [-0.39, 0.29) is 16.8 Å². The Hall–Kier alpha value is -2.12. The number of hydrogen-bond acceptors (Lipinski definition) is 4. The number of sulfonamides is 1. The van der Waals surface area contributed by atoms with Gasteiger partial charge in [0.2, 0.25) is 10.0 Å². The standard InChI is InChI=1S/C17H20FN3O2S/c18-13-3-1-5-16(11-13)21-10-2-4-15(12-21)20-24(22,23)17-8-6-14(19)7-9-17/h1,3,5-9,11,15,20H,2,4,10,12,19H2/t15-/m1/s1. The van der Waals surface area contributed by atoms with E-state index < -0.39 is 10.0 Å². The number of nitrogen functional groups attached to an aromatic ring is 1. The summed E-state index contributed by atoms with van der Waals surface area (Å²) in [7, 11) is -3.60. The van der Waals surface area contributed by atoms with Crippen molar-refractivity contribution in [3.05, 3.63) is 54.3 Å². The zero-order valence-corrected chi connectivity index (χ0v) is 14.0. The van der Waals surface area contributed by atoms with Crippen LogP contribution in [0, 0.1) is 5.82 Å². The van der Waals surface area contributed by atoms with Crippen molar-refractivity contribution in [1.29, 1.82) is 0 Å². The molecule has 0 unspecified atom stereocenters. The molecule has 0 aromatic heterocycles. The summed E-state index contributed by atoms with van der Waals surface area (Å²) in [5.74, 6) is -0.294. The zero-order valence-electron chi connectivity index (χ0n) is 13.2. The Morgan fingerprint density at radius 1 is 1.17 bits per heavy atom. The number of benzene rings is 2. The van der Waals surface area contributed by atoms with E-state index in [0.717, 1.165) is 25.1 Å². The minimum absolute atomic E-state index is 0.194. The molecule has 3 N–H and O–H groups in total. The molecule has 0 bridgehead atoms. The Morgan fingerprint density at radius 3 is 2.62 bits per heavy atom. The number of hydrogen-bond donors (Lipinski definition) is 2. The lowest BCUT2D eigenvalue weighted by Crippen LogP contribution is -2.47. The summed E-state index contributed by atoms with van der Waals surface area (Å²) in [6.45, 7) is 1.29. The fourth-order valence-corrected chi connectivity index (χ4v) is 4.18. The Labute approximate surface area is 141 Å². The molecule has 1 fully saturated rings. The van der Waals surface area contributed by atoms with Gasteiger partial charge in [-0.25, -0.2) is 17.5 Å². The highest BCUT2D eigenvalue weighted by atomic mass is 32.2. The Bertz CT molecular complexity index is 809. The van der Waals surface area contributed by atoms with Crippen LogP contribution >= 0.6 is 0 Å². The molecular weight excluding hydrogens is 329 g/mol. The summed E-state index contributed by atoms with van der Waals surface area (Å²) in [5.41, 5.74) is 6.88. The molecule has 1 aliphatic heterocycles. The van der Waals surface area contributed by atoms with Crippen LogP contribution in [0.3, 0.4) is 0 Å². The second-order valence-electron chi connectivity index (χ2n) is 5.96. The van der Waals surface area contributed by atoms with Gasteiger partial charge < -0.3 is 10.6 Å². The van der Waals surface area contributed by atoms with Gasteiger partial charge in [0, 0.05) is 30.5 Å². The van der Waals surface area contributed by atoms with E-state index in [4.69, 9.17) is 5.73 Å². The SMILES string of the molecule is Nc1ccc(S(=O)(=O)N[C@@H]2CCCN(c3cccc(F)c3)C2)cc1. The maximum absolute atomic E-state index is 13.4. The molecule has 1 aliphatic rings. The van der Waals surface area contributed by atoms with Gasteiger partial charge in [-0.2, -0.15) is 0 Å². The van der Waals surface area contributed by atoms with Crippen LogP contribution in [0.15, 0.2) is 53.4 Å². The number of nitrogens with zero attached hydrogens (tertiary/aromatic N) is 1. The van der Waals surface area contributed by atoms with Crippen LogP contribution in [0.25, 0.3) is 0 Å². The largest absolute Gasteiger partial charge is 0.399 e. The van der Waals surface area contributed by atoms with Crippen LogP contribution in [0.5, 0.6) is 0 Å². The maximum Gasteiger partial charge on any atom is 0.240 e. The van der Waals surface area contributed by atoms with Gasteiger partial charge in [0.1, 0.15) is 5.82 Å². The minimum atomic E-state index is -3.60. The molecule has 2 aromatic rings. The first-order valence-corrected chi connectivity index (χ1v) is 9.31. The van der Waals surface area contributed by atoms with E-state index >= 15 is 0 Å². The van der Waals surface area contributed by atoms with Crippen molar-refractivity contribution >= 4 is 21.4 Å². The first-order chi connectivity index (χ1) is 11.4. The van der Waals surface area contributed by atoms with Gasteiger partial charge in [0.25, 0.3) is 0 Å². The van der Waals surface area contributed by atoms with Gasteiger partial charge in [0.15, 0.2) is 0 Å². The van der Waals surface area contributed by atoms with Crippen LogP contribution in [0.4, 0.5) is 15.8 Å². The normalized spacial score (nSPS) is 18.5. The lowest BCUT2D eigenvalue weighted by Gasteiger charge is -2.34. The topological polar surface area (TPSA) is 75.4 Å². The van der Waals surface area contributed by atoms with Crippen molar-refractivity contribution in [2.75, 3.05) is 23.7 Å². The summed E-state index contributed by atoms with van der Waals surface area (Å²) in [6.07, 6.45) is 1.59. The van der Waals surface area contributed by atoms with Gasteiger partial charge in [-0.3, -0.25) is 0 Å². The molecule has 0 amide bonds. The average molecular weight is 349 g/mol. The van der Waals surface area contributed by atoms with Crippen molar-refractivity contribution in [2.45, 2.75) is 23.8 Å². The fourth-order valence-electron chi connectivity index (χ4n) is 2.92. The fraction of sp³-hybridized carbons (Fsp3) is 0.294. The van der Waals surface area contributed by atoms with Crippen LogP contribution in [0.1, 0.15) is 12.8 Å². The molecule has 5 nitrogen and oxygen atoms in total. The van der Waals surface area contributed by atoms with E-state index in [1.54, 1.807) is 18.2 Å². The molecule has 1 saturated heterocycles. The molecule has 128 valence electrons. The molecule has 0 spiro atoms. The highest BCUT2D eigenvalue weighted by Gasteiger charge is 2.25. The predicted octanol–water partition coefficient (Wildman–Crippen LogP) is 2.36. The van der Waals surface area contributed by atoms with Crippen LogP contribution in [0.2, 0.25) is 0 Å². The molecule has 0 aliphatic carbocycles. The molecule has 24 heavy (non-hydrogen) atoms. The summed E-state index contributed by atoms with van der Waals surface area (Å²) in [5, 5.41) is 0. The number of anilines is 2. The average Bonchev–Trinajstić information content (AvgIpc) is 2.55. The van der Waals surface area contributed by atoms with Gasteiger partial charge in [-0.15, -0.1) is 0 Å². The van der Waals surface area contributed by atoms with Crippen molar-refractivity contribution in [3.63, 3.8) is 0 Å². The van der Waals surface area contributed by atoms with E-state index in [9.17, 15) is 12.8 Å².